The van der Waals surface area contributed by atoms with Gasteiger partial charge in [0.1, 0.15) is 0 Å². The second-order valence-corrected chi connectivity index (χ2v) is 10.6. The number of hydrogen-bond donors (Lipinski definition) is 2. The molecule has 0 radical (unpaired) electrons. The molecule has 0 spiro atoms. The smallest absolute Gasteiger partial charge is 0.338 e. The lowest BCUT2D eigenvalue weighted by Crippen LogP contribution is -2.22. The number of rotatable bonds is 11. The molecule has 35 heavy (non-hydrogen) atoms. The summed E-state index contributed by atoms with van der Waals surface area (Å²) in [6, 6.07) is 18.4. The molecule has 1 atom stereocenters. The Bertz CT molecular complexity index is 1260. The molecule has 2 N–H and O–H groups in total. The summed E-state index contributed by atoms with van der Waals surface area (Å²) in [7, 11) is -3.70. The summed E-state index contributed by atoms with van der Waals surface area (Å²) < 4.78 is 31.1. The molecule has 0 aliphatic carbocycles. The number of aryl methyl sites for hydroxylation is 2. The summed E-state index contributed by atoms with van der Waals surface area (Å²) >= 11 is 5.96. The Morgan fingerprint density at radius 2 is 1.77 bits per heavy atom. The zero-order chi connectivity index (χ0) is 25.4. The van der Waals surface area contributed by atoms with Crippen molar-refractivity contribution in [1.82, 2.24) is 5.32 Å². The van der Waals surface area contributed by atoms with Crippen molar-refractivity contribution in [2.45, 2.75) is 42.6 Å². The first-order chi connectivity index (χ1) is 16.7. The highest BCUT2D eigenvalue weighted by molar-refractivity contribution is 7.91. The number of nitrogens with one attached hydrogen (secondary N) is 1. The van der Waals surface area contributed by atoms with Gasteiger partial charge in [-0.25, -0.2) is 13.2 Å². The first-order valence-electron chi connectivity index (χ1n) is 11.5. The summed E-state index contributed by atoms with van der Waals surface area (Å²) in [6.07, 6.45) is 0.977. The maximum absolute atomic E-state index is 13.0. The highest BCUT2D eigenvalue weighted by Gasteiger charge is 2.20. The Morgan fingerprint density at radius 1 is 1.06 bits per heavy atom. The third-order valence-corrected chi connectivity index (χ3v) is 7.63. The Hall–Kier alpha value is -2.71. The number of carbonyl (C=O) groups excluding carboxylic acids is 1. The van der Waals surface area contributed by atoms with Gasteiger partial charge in [-0.3, -0.25) is 0 Å². The summed E-state index contributed by atoms with van der Waals surface area (Å²) in [6.45, 7) is 4.80. The number of esters is 1. The number of halogens is 1. The average molecular weight is 516 g/mol. The van der Waals surface area contributed by atoms with Crippen molar-refractivity contribution in [2.24, 2.45) is 0 Å². The van der Waals surface area contributed by atoms with Gasteiger partial charge in [-0.15, -0.1) is 0 Å². The zero-order valence-corrected chi connectivity index (χ0v) is 21.4. The first kappa shape index (κ1) is 26.9. The minimum Gasteiger partial charge on any atom is -0.462 e. The molecule has 1 unspecified atom stereocenters. The van der Waals surface area contributed by atoms with Crippen LogP contribution in [0.4, 0.5) is 0 Å². The number of aliphatic hydroxyl groups is 1. The molecule has 0 aromatic heterocycles. The predicted octanol–water partition coefficient (Wildman–Crippen LogP) is 4.91. The molecule has 0 fully saturated rings. The Morgan fingerprint density at radius 3 is 2.43 bits per heavy atom. The van der Waals surface area contributed by atoms with E-state index in [9.17, 15) is 18.3 Å². The van der Waals surface area contributed by atoms with Crippen molar-refractivity contribution in [3.63, 3.8) is 0 Å². The first-order valence-corrected chi connectivity index (χ1v) is 13.3. The third-order valence-electron chi connectivity index (χ3n) is 5.63. The van der Waals surface area contributed by atoms with Crippen LogP contribution in [0.25, 0.3) is 0 Å². The van der Waals surface area contributed by atoms with Gasteiger partial charge in [-0.05, 0) is 92.4 Å². The van der Waals surface area contributed by atoms with Crippen LogP contribution in [-0.4, -0.2) is 39.2 Å². The molecular formula is C27H30ClNO5S. The SMILES string of the molecule is CCOC(=O)c1ccc(S(=O)(=O)c2ccc(CCCNCC(O)c3cccc(Cl)c3)cc2)cc1C. The number of aliphatic hydroxyl groups excluding tert-OH is 1. The van der Waals surface area contributed by atoms with Gasteiger partial charge in [-0.2, -0.15) is 0 Å². The fourth-order valence-electron chi connectivity index (χ4n) is 3.70. The van der Waals surface area contributed by atoms with E-state index in [2.05, 4.69) is 5.32 Å². The molecule has 0 aliphatic heterocycles. The van der Waals surface area contributed by atoms with E-state index in [-0.39, 0.29) is 16.4 Å². The standard InChI is InChI=1S/C27H30ClNO5S/c1-3-34-27(31)25-14-13-24(16-19(25)2)35(32,33)23-11-9-20(10-12-23)6-5-15-29-18-26(30)21-7-4-8-22(28)17-21/h4,7-14,16-17,26,29-30H,3,5-6,15,18H2,1-2H3. The maximum Gasteiger partial charge on any atom is 0.338 e. The van der Waals surface area contributed by atoms with Crippen LogP contribution in [0.2, 0.25) is 5.02 Å². The third kappa shape index (κ3) is 7.15. The van der Waals surface area contributed by atoms with Gasteiger partial charge < -0.3 is 15.2 Å². The van der Waals surface area contributed by atoms with Crippen LogP contribution in [0.5, 0.6) is 0 Å². The molecular weight excluding hydrogens is 486 g/mol. The van der Waals surface area contributed by atoms with Crippen LogP contribution in [0, 0.1) is 6.92 Å². The van der Waals surface area contributed by atoms with Crippen LogP contribution in [-0.2, 0) is 21.0 Å². The number of carbonyl (C=O) groups is 1. The van der Waals surface area contributed by atoms with E-state index in [1.807, 2.05) is 24.3 Å². The number of ether oxygens (including phenoxy) is 1. The van der Waals surface area contributed by atoms with Crippen molar-refractivity contribution in [2.75, 3.05) is 19.7 Å². The van der Waals surface area contributed by atoms with Gasteiger partial charge >= 0.3 is 5.97 Å². The van der Waals surface area contributed by atoms with Crippen molar-refractivity contribution in [3.8, 4) is 0 Å². The Balaban J connectivity index is 1.53. The van der Waals surface area contributed by atoms with E-state index in [0.717, 1.165) is 24.0 Å². The van der Waals surface area contributed by atoms with E-state index < -0.39 is 21.9 Å². The van der Waals surface area contributed by atoms with E-state index >= 15 is 0 Å². The van der Waals surface area contributed by atoms with E-state index in [4.69, 9.17) is 16.3 Å². The molecule has 0 heterocycles. The van der Waals surface area contributed by atoms with Crippen LogP contribution in [0.15, 0.2) is 76.5 Å². The minimum absolute atomic E-state index is 0.137. The predicted molar refractivity (Wildman–Crippen MR) is 137 cm³/mol. The van der Waals surface area contributed by atoms with Crippen LogP contribution >= 0.6 is 11.6 Å². The molecule has 6 nitrogen and oxygen atoms in total. The maximum atomic E-state index is 13.0. The van der Waals surface area contributed by atoms with E-state index in [0.29, 0.717) is 29.2 Å². The van der Waals surface area contributed by atoms with Gasteiger partial charge in [0.15, 0.2) is 0 Å². The summed E-state index contributed by atoms with van der Waals surface area (Å²) in [4.78, 5) is 12.3. The zero-order valence-electron chi connectivity index (χ0n) is 19.8. The Labute approximate surface area is 211 Å². The fraction of sp³-hybridized carbons (Fsp3) is 0.296. The minimum atomic E-state index is -3.70. The van der Waals surface area contributed by atoms with E-state index in [1.165, 1.54) is 18.2 Å². The van der Waals surface area contributed by atoms with Gasteiger partial charge in [-0.1, -0.05) is 35.9 Å². The summed E-state index contributed by atoms with van der Waals surface area (Å²) in [5, 5.41) is 14.1. The highest BCUT2D eigenvalue weighted by atomic mass is 35.5. The average Bonchev–Trinajstić information content (AvgIpc) is 2.84. The highest BCUT2D eigenvalue weighted by Crippen LogP contribution is 2.24. The largest absolute Gasteiger partial charge is 0.462 e. The molecule has 0 saturated carbocycles. The molecule has 186 valence electrons. The normalized spacial score (nSPS) is 12.3. The molecule has 0 amide bonds. The van der Waals surface area contributed by atoms with Crippen LogP contribution in [0.3, 0.4) is 0 Å². The lowest BCUT2D eigenvalue weighted by atomic mass is 10.1. The van der Waals surface area contributed by atoms with Gasteiger partial charge in [0.05, 0.1) is 28.1 Å². The molecule has 0 saturated heterocycles. The summed E-state index contributed by atoms with van der Waals surface area (Å²) in [5.74, 6) is -0.466. The molecule has 0 bridgehead atoms. The quantitative estimate of drug-likeness (QED) is 0.278. The van der Waals surface area contributed by atoms with Crippen molar-refractivity contribution >= 4 is 27.4 Å². The van der Waals surface area contributed by atoms with Crippen molar-refractivity contribution in [1.29, 1.82) is 0 Å². The topological polar surface area (TPSA) is 92.7 Å². The number of benzene rings is 3. The van der Waals surface area contributed by atoms with Gasteiger partial charge in [0.2, 0.25) is 9.84 Å². The van der Waals surface area contributed by atoms with Gasteiger partial charge in [0.25, 0.3) is 0 Å². The molecule has 0 aliphatic rings. The number of hydrogen-bond acceptors (Lipinski definition) is 6. The molecule has 8 heteroatoms. The van der Waals surface area contributed by atoms with Crippen molar-refractivity contribution in [3.05, 3.63) is 94.0 Å². The van der Waals surface area contributed by atoms with E-state index in [1.54, 1.807) is 38.1 Å². The monoisotopic (exact) mass is 515 g/mol. The summed E-state index contributed by atoms with van der Waals surface area (Å²) in [5.41, 5.74) is 2.70. The second kappa shape index (κ2) is 12.3. The fourth-order valence-corrected chi connectivity index (χ4v) is 5.24. The lowest BCUT2D eigenvalue weighted by molar-refractivity contribution is 0.0525. The Kier molecular flexibility index (Phi) is 9.46. The second-order valence-electron chi connectivity index (χ2n) is 8.22. The van der Waals surface area contributed by atoms with Gasteiger partial charge in [0, 0.05) is 11.6 Å². The van der Waals surface area contributed by atoms with Crippen molar-refractivity contribution < 1.29 is 23.1 Å². The number of sulfone groups is 1. The van der Waals surface area contributed by atoms with Crippen LogP contribution < -0.4 is 5.32 Å². The van der Waals surface area contributed by atoms with Crippen LogP contribution in [0.1, 0.15) is 46.5 Å². The molecule has 3 rings (SSSR count). The molecule has 3 aromatic carbocycles. The lowest BCUT2D eigenvalue weighted by Gasteiger charge is -2.12. The molecule has 3 aromatic rings.